The van der Waals surface area contributed by atoms with Crippen LogP contribution in [0, 0.1) is 17.3 Å². The van der Waals surface area contributed by atoms with Crippen LogP contribution in [0.15, 0.2) is 0 Å². The summed E-state index contributed by atoms with van der Waals surface area (Å²) in [6.07, 6.45) is 3.93. The maximum atomic E-state index is 6.22. The van der Waals surface area contributed by atoms with E-state index in [4.69, 9.17) is 4.74 Å². The van der Waals surface area contributed by atoms with Gasteiger partial charge in [-0.1, -0.05) is 20.8 Å². The predicted octanol–water partition coefficient (Wildman–Crippen LogP) is 2.19. The molecule has 3 aliphatic rings. The molecule has 0 aromatic heterocycles. The van der Waals surface area contributed by atoms with E-state index in [-0.39, 0.29) is 5.60 Å². The van der Waals surface area contributed by atoms with Crippen LogP contribution in [0.4, 0.5) is 0 Å². The van der Waals surface area contributed by atoms with Crippen molar-refractivity contribution >= 4 is 0 Å². The Morgan fingerprint density at radius 3 is 2.60 bits per heavy atom. The summed E-state index contributed by atoms with van der Waals surface area (Å²) in [5.74, 6) is 1.50. The van der Waals surface area contributed by atoms with Gasteiger partial charge in [0, 0.05) is 11.5 Å². The zero-order chi connectivity index (χ0) is 10.7. The monoisotopic (exact) mass is 209 g/mol. The van der Waals surface area contributed by atoms with Gasteiger partial charge in [-0.2, -0.15) is 0 Å². The Hall–Kier alpha value is -0.0800. The van der Waals surface area contributed by atoms with Crippen molar-refractivity contribution in [2.24, 2.45) is 17.3 Å². The van der Waals surface area contributed by atoms with Gasteiger partial charge >= 0.3 is 0 Å². The fourth-order valence-corrected chi connectivity index (χ4v) is 4.24. The van der Waals surface area contributed by atoms with Gasteiger partial charge < -0.3 is 10.1 Å². The van der Waals surface area contributed by atoms with E-state index in [1.807, 2.05) is 0 Å². The Kier molecular flexibility index (Phi) is 2.01. The summed E-state index contributed by atoms with van der Waals surface area (Å²) in [6, 6.07) is 0.633. The highest BCUT2D eigenvalue weighted by atomic mass is 16.5. The van der Waals surface area contributed by atoms with E-state index in [2.05, 4.69) is 26.1 Å². The van der Waals surface area contributed by atoms with E-state index in [1.54, 1.807) is 0 Å². The lowest BCUT2D eigenvalue weighted by Crippen LogP contribution is -2.55. The molecular formula is C13H23NO. The van der Waals surface area contributed by atoms with E-state index in [1.165, 1.54) is 25.8 Å². The van der Waals surface area contributed by atoms with Crippen LogP contribution >= 0.6 is 0 Å². The highest BCUT2D eigenvalue weighted by Crippen LogP contribution is 2.58. The summed E-state index contributed by atoms with van der Waals surface area (Å²) >= 11 is 0. The van der Waals surface area contributed by atoms with Gasteiger partial charge in [0.1, 0.15) is 0 Å². The maximum absolute atomic E-state index is 6.22. The van der Waals surface area contributed by atoms with Crippen molar-refractivity contribution in [3.05, 3.63) is 0 Å². The second kappa shape index (κ2) is 2.98. The van der Waals surface area contributed by atoms with Crippen molar-refractivity contribution in [2.45, 2.75) is 51.7 Å². The summed E-state index contributed by atoms with van der Waals surface area (Å²) in [4.78, 5) is 0. The number of hydrogen-bond acceptors (Lipinski definition) is 2. The van der Waals surface area contributed by atoms with Gasteiger partial charge in [0.25, 0.3) is 0 Å². The smallest absolute Gasteiger partial charge is 0.0841 e. The lowest BCUT2D eigenvalue weighted by molar-refractivity contribution is -0.0715. The summed E-state index contributed by atoms with van der Waals surface area (Å²) in [5.41, 5.74) is 0.648. The largest absolute Gasteiger partial charge is 0.373 e. The molecule has 0 amide bonds. The van der Waals surface area contributed by atoms with Crippen LogP contribution in [0.1, 0.15) is 40.0 Å². The molecule has 1 N–H and O–H groups in total. The summed E-state index contributed by atoms with van der Waals surface area (Å²) in [7, 11) is 0. The van der Waals surface area contributed by atoms with Crippen molar-refractivity contribution in [3.63, 3.8) is 0 Å². The Morgan fingerprint density at radius 1 is 1.33 bits per heavy atom. The van der Waals surface area contributed by atoms with Gasteiger partial charge in [0.15, 0.2) is 0 Å². The molecule has 2 unspecified atom stereocenters. The SMILES string of the molecule is CC(C)C12COC3(CCC3)[C@H]1NCC2C. The molecule has 2 heteroatoms. The quantitative estimate of drug-likeness (QED) is 0.715. The van der Waals surface area contributed by atoms with Gasteiger partial charge in [0.2, 0.25) is 0 Å². The molecule has 1 saturated carbocycles. The zero-order valence-corrected chi connectivity index (χ0v) is 10.2. The molecule has 2 aliphatic heterocycles. The van der Waals surface area contributed by atoms with Crippen molar-refractivity contribution in [2.75, 3.05) is 13.2 Å². The van der Waals surface area contributed by atoms with E-state index in [0.29, 0.717) is 11.5 Å². The van der Waals surface area contributed by atoms with E-state index in [9.17, 15) is 0 Å². The molecule has 0 bridgehead atoms. The van der Waals surface area contributed by atoms with Gasteiger partial charge in [-0.05, 0) is 37.6 Å². The molecule has 3 atom stereocenters. The van der Waals surface area contributed by atoms with E-state index < -0.39 is 0 Å². The summed E-state index contributed by atoms with van der Waals surface area (Å²) < 4.78 is 6.22. The standard InChI is InChI=1S/C13H23NO/c1-9(2)13-8-15-12(5-4-6-12)11(13)14-7-10(13)3/h9-11,14H,4-8H2,1-3H3/t10?,11-,13?/m1/s1. The molecule has 3 rings (SSSR count). The Balaban J connectivity index is 1.96. The molecule has 0 aromatic carbocycles. The van der Waals surface area contributed by atoms with Gasteiger partial charge in [-0.25, -0.2) is 0 Å². The maximum Gasteiger partial charge on any atom is 0.0841 e. The van der Waals surface area contributed by atoms with Crippen LogP contribution in [0.2, 0.25) is 0 Å². The second-order valence-corrected chi connectivity index (χ2v) is 6.22. The van der Waals surface area contributed by atoms with Crippen LogP contribution in [-0.4, -0.2) is 24.8 Å². The average molecular weight is 209 g/mol. The van der Waals surface area contributed by atoms with Gasteiger partial charge in [0.05, 0.1) is 12.2 Å². The topological polar surface area (TPSA) is 21.3 Å². The lowest BCUT2D eigenvalue weighted by atomic mass is 9.61. The number of nitrogens with one attached hydrogen (secondary N) is 1. The van der Waals surface area contributed by atoms with Crippen LogP contribution < -0.4 is 5.32 Å². The number of rotatable bonds is 1. The molecule has 1 aliphatic carbocycles. The molecule has 3 fully saturated rings. The minimum Gasteiger partial charge on any atom is -0.373 e. The van der Waals surface area contributed by atoms with Crippen molar-refractivity contribution in [1.82, 2.24) is 5.32 Å². The first kappa shape index (κ1) is 10.1. The minimum absolute atomic E-state index is 0.231. The van der Waals surface area contributed by atoms with Crippen molar-refractivity contribution in [3.8, 4) is 0 Å². The molecule has 2 heterocycles. The third kappa shape index (κ3) is 1.03. The molecule has 1 spiro atoms. The molecule has 2 saturated heterocycles. The van der Waals surface area contributed by atoms with Crippen LogP contribution in [0.25, 0.3) is 0 Å². The first-order valence-corrected chi connectivity index (χ1v) is 6.49. The molecular weight excluding hydrogens is 186 g/mol. The lowest BCUT2D eigenvalue weighted by Gasteiger charge is -2.45. The zero-order valence-electron chi connectivity index (χ0n) is 10.2. The van der Waals surface area contributed by atoms with Gasteiger partial charge in [-0.15, -0.1) is 0 Å². The number of hydrogen-bond donors (Lipinski definition) is 1. The third-order valence-electron chi connectivity index (χ3n) is 5.49. The Morgan fingerprint density at radius 2 is 2.07 bits per heavy atom. The molecule has 0 radical (unpaired) electrons. The van der Waals surface area contributed by atoms with Crippen molar-refractivity contribution in [1.29, 1.82) is 0 Å². The van der Waals surface area contributed by atoms with E-state index in [0.717, 1.165) is 18.4 Å². The fourth-order valence-electron chi connectivity index (χ4n) is 4.24. The highest BCUT2D eigenvalue weighted by molar-refractivity contribution is 5.18. The van der Waals surface area contributed by atoms with E-state index >= 15 is 0 Å². The van der Waals surface area contributed by atoms with Crippen LogP contribution in [-0.2, 0) is 4.74 Å². The molecule has 86 valence electrons. The van der Waals surface area contributed by atoms with Crippen LogP contribution in [0.3, 0.4) is 0 Å². The third-order valence-corrected chi connectivity index (χ3v) is 5.49. The average Bonchev–Trinajstić information content (AvgIpc) is 2.62. The first-order valence-electron chi connectivity index (χ1n) is 6.49. The van der Waals surface area contributed by atoms with Crippen LogP contribution in [0.5, 0.6) is 0 Å². The Labute approximate surface area is 92.8 Å². The fraction of sp³-hybridized carbons (Fsp3) is 1.00. The predicted molar refractivity (Wildman–Crippen MR) is 60.8 cm³/mol. The summed E-state index contributed by atoms with van der Waals surface area (Å²) in [5, 5.41) is 3.76. The number of ether oxygens (including phenoxy) is 1. The normalized spacial score (nSPS) is 47.2. The molecule has 2 nitrogen and oxygen atoms in total. The number of fused-ring (bicyclic) bond motifs is 2. The second-order valence-electron chi connectivity index (χ2n) is 6.22. The van der Waals surface area contributed by atoms with Crippen molar-refractivity contribution < 1.29 is 4.74 Å². The Bertz CT molecular complexity index is 272. The van der Waals surface area contributed by atoms with Gasteiger partial charge in [-0.3, -0.25) is 0 Å². The molecule has 15 heavy (non-hydrogen) atoms. The molecule has 0 aromatic rings. The first-order chi connectivity index (χ1) is 7.12. The minimum atomic E-state index is 0.231. The summed E-state index contributed by atoms with van der Waals surface area (Å²) in [6.45, 7) is 9.32. The highest BCUT2D eigenvalue weighted by Gasteiger charge is 2.65.